The highest BCUT2D eigenvalue weighted by Gasteiger charge is 2.46. The first-order chi connectivity index (χ1) is 25.2. The van der Waals surface area contributed by atoms with Gasteiger partial charge in [0.25, 0.3) is 0 Å². The molecule has 1 heterocycles. The summed E-state index contributed by atoms with van der Waals surface area (Å²) in [5, 5.41) is 13.0. The summed E-state index contributed by atoms with van der Waals surface area (Å²) in [6.45, 7) is 0. The molecule has 0 saturated heterocycles. The van der Waals surface area contributed by atoms with Crippen molar-refractivity contribution in [2.24, 2.45) is 9.98 Å². The van der Waals surface area contributed by atoms with Gasteiger partial charge in [-0.05, 0) is 74.3 Å². The van der Waals surface area contributed by atoms with E-state index in [4.69, 9.17) is 9.98 Å². The Labute approximate surface area is 297 Å². The molecule has 0 amide bonds. The molecule has 240 valence electrons. The number of nitrogens with zero attached hydrogens (tertiary/aromatic N) is 3. The zero-order chi connectivity index (χ0) is 34.2. The molecule has 0 radical (unpaired) electrons. The Bertz CT molecular complexity index is 2450. The lowest BCUT2D eigenvalue weighted by Crippen LogP contribution is -2.34. The van der Waals surface area contributed by atoms with Gasteiger partial charge < -0.3 is 5.32 Å². The van der Waals surface area contributed by atoms with E-state index in [0.29, 0.717) is 11.4 Å². The number of hydrogen-bond donors (Lipinski definition) is 1. The minimum absolute atomic E-state index is 0.385. The minimum Gasteiger partial charge on any atom is -0.344 e. The van der Waals surface area contributed by atoms with Crippen LogP contribution in [0.25, 0.3) is 22.3 Å². The first kappa shape index (κ1) is 30.2. The van der Waals surface area contributed by atoms with E-state index >= 15 is 0 Å². The summed E-state index contributed by atoms with van der Waals surface area (Å²) < 4.78 is 0. The molecule has 0 fully saturated rings. The van der Waals surface area contributed by atoms with Crippen molar-refractivity contribution in [1.82, 2.24) is 5.32 Å². The summed E-state index contributed by atoms with van der Waals surface area (Å²) in [4.78, 5) is 10.4. The van der Waals surface area contributed by atoms with Crippen LogP contribution in [0.3, 0.4) is 0 Å². The molecule has 1 aliphatic heterocycles. The summed E-state index contributed by atoms with van der Waals surface area (Å²) in [5.41, 5.74) is 12.7. The number of benzene rings is 7. The molecule has 51 heavy (non-hydrogen) atoms. The summed E-state index contributed by atoms with van der Waals surface area (Å²) in [6.07, 6.45) is -0.385. The van der Waals surface area contributed by atoms with Gasteiger partial charge in [0, 0.05) is 11.1 Å². The maximum atomic E-state index is 9.31. The second-order valence-electron chi connectivity index (χ2n) is 12.9. The van der Waals surface area contributed by atoms with E-state index in [1.807, 2.05) is 42.5 Å². The van der Waals surface area contributed by atoms with Crippen LogP contribution in [0.4, 0.5) is 0 Å². The van der Waals surface area contributed by atoms with Crippen molar-refractivity contribution >= 4 is 11.7 Å². The molecule has 0 aromatic heterocycles. The number of amidine groups is 2. The van der Waals surface area contributed by atoms with Crippen LogP contribution in [-0.4, -0.2) is 11.7 Å². The molecule has 0 bridgehead atoms. The van der Waals surface area contributed by atoms with E-state index < -0.39 is 5.41 Å². The van der Waals surface area contributed by atoms with Crippen molar-refractivity contribution in [3.63, 3.8) is 0 Å². The molecule has 7 aromatic rings. The summed E-state index contributed by atoms with van der Waals surface area (Å²) in [6, 6.07) is 65.8. The second-order valence-corrected chi connectivity index (χ2v) is 12.9. The zero-order valence-corrected chi connectivity index (χ0v) is 27.7. The van der Waals surface area contributed by atoms with Gasteiger partial charge in [-0.1, -0.05) is 158 Å². The Morgan fingerprint density at radius 2 is 1.12 bits per heavy atom. The maximum absolute atomic E-state index is 9.31. The average molecular weight is 653 g/mol. The smallest absolute Gasteiger partial charge is 0.159 e. The number of hydrogen-bond acceptors (Lipinski definition) is 4. The molecule has 7 aromatic carbocycles. The lowest BCUT2D eigenvalue weighted by molar-refractivity contribution is 0.670. The van der Waals surface area contributed by atoms with Crippen molar-refractivity contribution < 1.29 is 0 Å². The Morgan fingerprint density at radius 3 is 1.82 bits per heavy atom. The fourth-order valence-corrected chi connectivity index (χ4v) is 7.70. The fraction of sp³-hybridized carbons (Fsp3) is 0.0426. The van der Waals surface area contributed by atoms with Gasteiger partial charge in [-0.25, -0.2) is 9.98 Å². The van der Waals surface area contributed by atoms with Gasteiger partial charge in [-0.15, -0.1) is 0 Å². The molecule has 1 unspecified atom stereocenters. The number of nitrogens with one attached hydrogen (secondary N) is 1. The van der Waals surface area contributed by atoms with Gasteiger partial charge in [0.2, 0.25) is 0 Å². The Kier molecular flexibility index (Phi) is 7.45. The third-order valence-electron chi connectivity index (χ3n) is 10.1. The van der Waals surface area contributed by atoms with Crippen LogP contribution < -0.4 is 5.32 Å². The third-order valence-corrected chi connectivity index (χ3v) is 10.1. The minimum atomic E-state index is -0.503. The van der Waals surface area contributed by atoms with E-state index in [0.717, 1.165) is 33.7 Å². The fourth-order valence-electron chi connectivity index (χ4n) is 7.70. The SMILES string of the molecule is N#Cc1ccc(-c2cccc(C3=NC(c4ccccc4)=NC(c4ccc5c(c4)C(c4ccccc4)(c4ccccc4)c4ccccc4-5)N3)c2)cc1. The monoisotopic (exact) mass is 652 g/mol. The average Bonchev–Trinajstić information content (AvgIpc) is 3.52. The van der Waals surface area contributed by atoms with E-state index in [9.17, 15) is 5.26 Å². The quantitative estimate of drug-likeness (QED) is 0.194. The van der Waals surface area contributed by atoms with Gasteiger partial charge >= 0.3 is 0 Å². The van der Waals surface area contributed by atoms with Gasteiger partial charge in [-0.3, -0.25) is 0 Å². The van der Waals surface area contributed by atoms with Crippen LogP contribution in [0.15, 0.2) is 192 Å². The molecule has 1 atom stereocenters. The molecule has 0 spiro atoms. The first-order valence-corrected chi connectivity index (χ1v) is 17.2. The lowest BCUT2D eigenvalue weighted by Gasteiger charge is -2.34. The van der Waals surface area contributed by atoms with E-state index in [2.05, 4.69) is 151 Å². The Morgan fingerprint density at radius 1 is 0.510 bits per heavy atom. The molecule has 0 saturated carbocycles. The van der Waals surface area contributed by atoms with Crippen molar-refractivity contribution in [3.8, 4) is 28.3 Å². The van der Waals surface area contributed by atoms with E-state index in [-0.39, 0.29) is 6.17 Å². The number of fused-ring (bicyclic) bond motifs is 3. The first-order valence-electron chi connectivity index (χ1n) is 17.2. The molecule has 1 aliphatic carbocycles. The topological polar surface area (TPSA) is 60.5 Å². The van der Waals surface area contributed by atoms with Crippen LogP contribution in [0.1, 0.15) is 50.7 Å². The highest BCUT2D eigenvalue weighted by atomic mass is 15.2. The molecule has 9 rings (SSSR count). The summed E-state index contributed by atoms with van der Waals surface area (Å²) in [5.74, 6) is 1.44. The van der Waals surface area contributed by atoms with Gasteiger partial charge in [-0.2, -0.15) is 5.26 Å². The standard InChI is InChI=1S/C47H32N4/c48-31-32-23-25-33(26-24-32)35-15-12-16-36(29-35)45-49-44(34-13-4-1-5-14-34)50-46(51-45)37-27-28-41-40-21-10-11-22-42(40)47(43(41)30-37,38-17-6-2-7-18-38)39-19-8-3-9-20-39/h1-30,46H,(H,49,50,51). The molecule has 2 aliphatic rings. The van der Waals surface area contributed by atoms with Gasteiger partial charge in [0.05, 0.1) is 17.0 Å². The third kappa shape index (κ3) is 5.15. The highest BCUT2D eigenvalue weighted by molar-refractivity contribution is 6.13. The van der Waals surface area contributed by atoms with Gasteiger partial charge in [0.1, 0.15) is 12.0 Å². The van der Waals surface area contributed by atoms with Crippen LogP contribution in [0.2, 0.25) is 0 Å². The summed E-state index contributed by atoms with van der Waals surface area (Å²) >= 11 is 0. The van der Waals surface area contributed by atoms with Crippen LogP contribution in [0, 0.1) is 11.3 Å². The lowest BCUT2D eigenvalue weighted by atomic mass is 9.67. The molecule has 4 nitrogen and oxygen atoms in total. The molecular weight excluding hydrogens is 621 g/mol. The molecular formula is C47H32N4. The van der Waals surface area contributed by atoms with Crippen LogP contribution in [-0.2, 0) is 5.41 Å². The van der Waals surface area contributed by atoms with Gasteiger partial charge in [0.15, 0.2) is 5.84 Å². The van der Waals surface area contributed by atoms with Crippen molar-refractivity contribution in [2.45, 2.75) is 11.6 Å². The normalized spacial score (nSPS) is 15.4. The Hall–Kier alpha value is -6.83. The predicted octanol–water partition coefficient (Wildman–Crippen LogP) is 10.1. The largest absolute Gasteiger partial charge is 0.344 e. The maximum Gasteiger partial charge on any atom is 0.159 e. The Balaban J connectivity index is 1.20. The van der Waals surface area contributed by atoms with Crippen molar-refractivity contribution in [3.05, 3.63) is 226 Å². The number of nitriles is 1. The molecule has 4 heteroatoms. The highest BCUT2D eigenvalue weighted by Crippen LogP contribution is 2.56. The number of rotatable bonds is 6. The van der Waals surface area contributed by atoms with E-state index in [1.54, 1.807) is 0 Å². The zero-order valence-electron chi connectivity index (χ0n) is 27.7. The van der Waals surface area contributed by atoms with Crippen LogP contribution in [0.5, 0.6) is 0 Å². The van der Waals surface area contributed by atoms with Crippen LogP contribution >= 0.6 is 0 Å². The van der Waals surface area contributed by atoms with Crippen molar-refractivity contribution in [2.75, 3.05) is 0 Å². The second kappa shape index (κ2) is 12.6. The molecule has 1 N–H and O–H groups in total. The van der Waals surface area contributed by atoms with Crippen molar-refractivity contribution in [1.29, 1.82) is 5.26 Å². The number of aliphatic imine (C=N–C) groups is 2. The predicted molar refractivity (Wildman–Crippen MR) is 206 cm³/mol. The summed E-state index contributed by atoms with van der Waals surface area (Å²) in [7, 11) is 0. The van der Waals surface area contributed by atoms with E-state index in [1.165, 1.54) is 33.4 Å².